The molecule has 0 N–H and O–H groups in total. The largest absolute Gasteiger partial charge is 0.0625 e. The summed E-state index contributed by atoms with van der Waals surface area (Å²) in [7, 11) is 0. The van der Waals surface area contributed by atoms with E-state index in [1.807, 2.05) is 0 Å². The highest BCUT2D eigenvalue weighted by Gasteiger charge is 2.17. The molecule has 0 amide bonds. The van der Waals surface area contributed by atoms with Crippen LogP contribution in [0.3, 0.4) is 0 Å². The van der Waals surface area contributed by atoms with Gasteiger partial charge in [0.2, 0.25) is 0 Å². The third kappa shape index (κ3) is 2.84. The minimum absolute atomic E-state index is 0.963. The molecule has 0 aromatic rings. The van der Waals surface area contributed by atoms with Crippen molar-refractivity contribution in [3.8, 4) is 0 Å². The molecule has 0 radical (unpaired) electrons. The maximum Gasteiger partial charge on any atom is -0.0414 e. The lowest BCUT2D eigenvalue weighted by atomic mass is 9.80. The van der Waals surface area contributed by atoms with Gasteiger partial charge in [-0.3, -0.25) is 0 Å². The fraction of sp³-hybridized carbons (Fsp3) is 1.00. The molecule has 11 heavy (non-hydrogen) atoms. The van der Waals surface area contributed by atoms with Crippen LogP contribution in [0.15, 0.2) is 0 Å². The first-order chi connectivity index (χ1) is 5.20. The molecule has 0 aliphatic heterocycles. The summed E-state index contributed by atoms with van der Waals surface area (Å²) in [6.45, 7) is 7.25. The molecule has 1 saturated carbocycles. The van der Waals surface area contributed by atoms with Crippen molar-refractivity contribution < 1.29 is 0 Å². The van der Waals surface area contributed by atoms with Gasteiger partial charge in [-0.05, 0) is 24.2 Å². The van der Waals surface area contributed by atoms with Gasteiger partial charge in [-0.25, -0.2) is 0 Å². The highest BCUT2D eigenvalue weighted by molar-refractivity contribution is 4.69. The van der Waals surface area contributed by atoms with E-state index >= 15 is 0 Å². The second-order valence-corrected chi connectivity index (χ2v) is 4.58. The van der Waals surface area contributed by atoms with Gasteiger partial charge < -0.3 is 0 Å². The van der Waals surface area contributed by atoms with Crippen molar-refractivity contribution >= 4 is 0 Å². The maximum absolute atomic E-state index is 2.42. The number of hydrogen-bond donors (Lipinski definition) is 0. The first-order valence-electron chi connectivity index (χ1n) is 5.20. The van der Waals surface area contributed by atoms with Crippen LogP contribution in [0.2, 0.25) is 0 Å². The summed E-state index contributed by atoms with van der Waals surface area (Å²) in [6.07, 6.45) is 7.33. The summed E-state index contributed by atoms with van der Waals surface area (Å²) in [5.41, 5.74) is 0. The molecule has 1 aliphatic rings. The van der Waals surface area contributed by atoms with E-state index < -0.39 is 0 Å². The molecule has 0 aromatic heterocycles. The van der Waals surface area contributed by atoms with Gasteiger partial charge in [-0.15, -0.1) is 0 Å². The molecule has 1 fully saturated rings. The molecule has 0 saturated heterocycles. The van der Waals surface area contributed by atoms with E-state index in [9.17, 15) is 0 Å². The Bertz CT molecular complexity index is 107. The van der Waals surface area contributed by atoms with Crippen LogP contribution in [0.4, 0.5) is 0 Å². The lowest BCUT2D eigenvalue weighted by Gasteiger charge is -2.26. The fourth-order valence-electron chi connectivity index (χ4n) is 2.23. The summed E-state index contributed by atoms with van der Waals surface area (Å²) in [5, 5.41) is 0. The Kier molecular flexibility index (Phi) is 3.42. The number of hydrogen-bond acceptors (Lipinski definition) is 0. The Hall–Kier alpha value is 0. The first-order valence-corrected chi connectivity index (χ1v) is 5.20. The number of rotatable bonds is 0. The topological polar surface area (TPSA) is 0 Å². The van der Waals surface area contributed by atoms with Crippen molar-refractivity contribution in [3.05, 3.63) is 0 Å². The van der Waals surface area contributed by atoms with E-state index in [0.717, 1.165) is 17.8 Å². The molecule has 1 rings (SSSR count). The highest BCUT2D eigenvalue weighted by atomic mass is 14.2. The van der Waals surface area contributed by atoms with Crippen molar-refractivity contribution in [2.75, 3.05) is 0 Å². The molecular weight excluding hydrogens is 132 g/mol. The standard InChI is InChI=1S/C11H22/c1-9-6-4-5-7-10(2)11(3)8-9/h9-11H,4-8H2,1-3H3. The van der Waals surface area contributed by atoms with Crippen molar-refractivity contribution in [1.82, 2.24) is 0 Å². The van der Waals surface area contributed by atoms with Gasteiger partial charge in [0.1, 0.15) is 0 Å². The molecule has 1 aliphatic carbocycles. The van der Waals surface area contributed by atoms with Crippen LogP contribution in [-0.4, -0.2) is 0 Å². The van der Waals surface area contributed by atoms with Crippen molar-refractivity contribution in [2.24, 2.45) is 17.8 Å². The SMILES string of the molecule is CC1CCCCC(C)C(C)C1. The molecule has 0 aromatic carbocycles. The van der Waals surface area contributed by atoms with Gasteiger partial charge in [-0.1, -0.05) is 46.5 Å². The third-order valence-corrected chi connectivity index (χ3v) is 3.35. The Balaban J connectivity index is 2.38. The minimum Gasteiger partial charge on any atom is -0.0625 e. The summed E-state index contributed by atoms with van der Waals surface area (Å²) in [6, 6.07) is 0. The minimum atomic E-state index is 0.963. The van der Waals surface area contributed by atoms with Crippen LogP contribution in [0.1, 0.15) is 52.9 Å². The highest BCUT2D eigenvalue weighted by Crippen LogP contribution is 2.29. The van der Waals surface area contributed by atoms with E-state index in [4.69, 9.17) is 0 Å². The third-order valence-electron chi connectivity index (χ3n) is 3.35. The average molecular weight is 154 g/mol. The molecule has 0 bridgehead atoms. The van der Waals surface area contributed by atoms with Crippen molar-refractivity contribution in [3.63, 3.8) is 0 Å². The zero-order valence-corrected chi connectivity index (χ0v) is 8.27. The van der Waals surface area contributed by atoms with E-state index in [0.29, 0.717) is 0 Å². The van der Waals surface area contributed by atoms with Crippen molar-refractivity contribution in [2.45, 2.75) is 52.9 Å². The van der Waals surface area contributed by atoms with E-state index in [-0.39, 0.29) is 0 Å². The van der Waals surface area contributed by atoms with Gasteiger partial charge in [0.25, 0.3) is 0 Å². The van der Waals surface area contributed by atoms with Crippen LogP contribution < -0.4 is 0 Å². The zero-order valence-electron chi connectivity index (χ0n) is 8.27. The van der Waals surface area contributed by atoms with Crippen LogP contribution in [0.25, 0.3) is 0 Å². The summed E-state index contributed by atoms with van der Waals surface area (Å²) >= 11 is 0. The second-order valence-electron chi connectivity index (χ2n) is 4.58. The lowest BCUT2D eigenvalue weighted by molar-refractivity contribution is 0.256. The monoisotopic (exact) mass is 154 g/mol. The van der Waals surface area contributed by atoms with Gasteiger partial charge in [0.15, 0.2) is 0 Å². The zero-order chi connectivity index (χ0) is 8.27. The van der Waals surface area contributed by atoms with Gasteiger partial charge in [0, 0.05) is 0 Å². The average Bonchev–Trinajstić information content (AvgIpc) is 1.95. The predicted molar refractivity (Wildman–Crippen MR) is 50.6 cm³/mol. The lowest BCUT2D eigenvalue weighted by Crippen LogP contribution is -2.14. The van der Waals surface area contributed by atoms with Crippen LogP contribution in [0, 0.1) is 17.8 Å². The van der Waals surface area contributed by atoms with E-state index in [1.165, 1.54) is 32.1 Å². The first kappa shape index (κ1) is 9.09. The molecule has 0 heterocycles. The predicted octanol–water partition coefficient (Wildman–Crippen LogP) is 3.86. The Morgan fingerprint density at radius 1 is 0.818 bits per heavy atom. The van der Waals surface area contributed by atoms with Gasteiger partial charge in [0.05, 0.1) is 0 Å². The molecule has 0 spiro atoms. The molecule has 66 valence electrons. The second kappa shape index (κ2) is 4.13. The summed E-state index contributed by atoms with van der Waals surface area (Å²) < 4.78 is 0. The smallest absolute Gasteiger partial charge is 0.0414 e. The van der Waals surface area contributed by atoms with Crippen LogP contribution in [-0.2, 0) is 0 Å². The van der Waals surface area contributed by atoms with Crippen molar-refractivity contribution in [1.29, 1.82) is 0 Å². The molecule has 3 atom stereocenters. The van der Waals surface area contributed by atoms with Crippen LogP contribution in [0.5, 0.6) is 0 Å². The van der Waals surface area contributed by atoms with E-state index in [2.05, 4.69) is 20.8 Å². The molecule has 0 heteroatoms. The molecule has 3 unspecified atom stereocenters. The Morgan fingerprint density at radius 3 is 2.18 bits per heavy atom. The summed E-state index contributed by atoms with van der Waals surface area (Å²) in [4.78, 5) is 0. The quantitative estimate of drug-likeness (QED) is 0.497. The molecular formula is C11H22. The maximum atomic E-state index is 2.42. The Morgan fingerprint density at radius 2 is 1.45 bits per heavy atom. The molecule has 0 nitrogen and oxygen atoms in total. The fourth-order valence-corrected chi connectivity index (χ4v) is 2.23. The van der Waals surface area contributed by atoms with Crippen LogP contribution >= 0.6 is 0 Å². The van der Waals surface area contributed by atoms with Gasteiger partial charge in [-0.2, -0.15) is 0 Å². The normalized spacial score (nSPS) is 41.2. The summed E-state index contributed by atoms with van der Waals surface area (Å²) in [5.74, 6) is 2.91. The van der Waals surface area contributed by atoms with E-state index in [1.54, 1.807) is 0 Å². The Labute approximate surface area is 71.4 Å². The van der Waals surface area contributed by atoms with Gasteiger partial charge >= 0.3 is 0 Å².